The number of rotatable bonds is 5. The second-order valence-corrected chi connectivity index (χ2v) is 5.10. The maximum Gasteiger partial charge on any atom is 0.190 e. The first-order chi connectivity index (χ1) is 8.26. The van der Waals surface area contributed by atoms with Crippen LogP contribution in [0.3, 0.4) is 0 Å². The summed E-state index contributed by atoms with van der Waals surface area (Å²) in [5.41, 5.74) is 1.11. The average molecular weight is 253 g/mol. The van der Waals surface area contributed by atoms with E-state index in [0.29, 0.717) is 18.1 Å². The van der Waals surface area contributed by atoms with Crippen molar-refractivity contribution in [1.82, 2.24) is 10.6 Å². The summed E-state index contributed by atoms with van der Waals surface area (Å²) in [5, 5.41) is 6.00. The molecule has 2 N–H and O–H groups in total. The highest BCUT2D eigenvalue weighted by Gasteiger charge is 2.01. The number of benzene rings is 1. The van der Waals surface area contributed by atoms with E-state index in [2.05, 4.69) is 15.6 Å². The van der Waals surface area contributed by atoms with E-state index in [4.69, 9.17) is 0 Å². The van der Waals surface area contributed by atoms with Crippen molar-refractivity contribution in [2.24, 2.45) is 4.99 Å². The van der Waals surface area contributed by atoms with Gasteiger partial charge in [-0.1, -0.05) is 30.3 Å². The highest BCUT2D eigenvalue weighted by atomic mass is 32.2. The SMILES string of the molecule is CN=C(NC)NCC[S@](=O)Cc1ccccc1. The molecule has 0 fully saturated rings. The minimum Gasteiger partial charge on any atom is -0.359 e. The Hall–Kier alpha value is -1.36. The van der Waals surface area contributed by atoms with Crippen molar-refractivity contribution < 1.29 is 4.21 Å². The summed E-state index contributed by atoms with van der Waals surface area (Å²) in [5.74, 6) is 1.96. The minimum atomic E-state index is -0.837. The monoisotopic (exact) mass is 253 g/mol. The summed E-state index contributed by atoms with van der Waals surface area (Å²) < 4.78 is 11.8. The van der Waals surface area contributed by atoms with Gasteiger partial charge in [-0.05, 0) is 5.56 Å². The molecular formula is C12H19N3OS. The van der Waals surface area contributed by atoms with Gasteiger partial charge >= 0.3 is 0 Å². The Bertz CT molecular complexity index is 379. The largest absolute Gasteiger partial charge is 0.359 e. The molecule has 0 unspecified atom stereocenters. The number of hydrogen-bond acceptors (Lipinski definition) is 2. The fourth-order valence-corrected chi connectivity index (χ4v) is 2.43. The first kappa shape index (κ1) is 13.7. The molecule has 17 heavy (non-hydrogen) atoms. The van der Waals surface area contributed by atoms with E-state index < -0.39 is 10.8 Å². The van der Waals surface area contributed by atoms with Crippen LogP contribution in [0.25, 0.3) is 0 Å². The zero-order valence-corrected chi connectivity index (χ0v) is 11.1. The zero-order valence-electron chi connectivity index (χ0n) is 10.3. The van der Waals surface area contributed by atoms with Gasteiger partial charge in [0.05, 0.1) is 0 Å². The summed E-state index contributed by atoms with van der Waals surface area (Å²) in [6, 6.07) is 9.89. The number of hydrogen-bond donors (Lipinski definition) is 2. The molecule has 0 aromatic heterocycles. The number of aliphatic imine (C=N–C) groups is 1. The molecule has 0 saturated carbocycles. The first-order valence-corrected chi connectivity index (χ1v) is 7.02. The third-order valence-corrected chi connectivity index (χ3v) is 3.57. The fourth-order valence-electron chi connectivity index (χ4n) is 1.39. The Morgan fingerprint density at radius 1 is 1.35 bits per heavy atom. The predicted molar refractivity (Wildman–Crippen MR) is 73.6 cm³/mol. The van der Waals surface area contributed by atoms with E-state index >= 15 is 0 Å². The van der Waals surface area contributed by atoms with Crippen LogP contribution in [-0.4, -0.2) is 36.6 Å². The summed E-state index contributed by atoms with van der Waals surface area (Å²) in [4.78, 5) is 3.98. The van der Waals surface area contributed by atoms with Crippen molar-refractivity contribution in [3.63, 3.8) is 0 Å². The quantitative estimate of drug-likeness (QED) is 0.601. The highest BCUT2D eigenvalue weighted by Crippen LogP contribution is 2.02. The summed E-state index contributed by atoms with van der Waals surface area (Å²) >= 11 is 0. The van der Waals surface area contributed by atoms with E-state index in [-0.39, 0.29) is 0 Å². The van der Waals surface area contributed by atoms with Crippen LogP contribution in [0.5, 0.6) is 0 Å². The van der Waals surface area contributed by atoms with Gasteiger partial charge in [0.2, 0.25) is 0 Å². The lowest BCUT2D eigenvalue weighted by Crippen LogP contribution is -2.36. The smallest absolute Gasteiger partial charge is 0.190 e. The van der Waals surface area contributed by atoms with Gasteiger partial charge in [-0.25, -0.2) is 0 Å². The van der Waals surface area contributed by atoms with Crippen molar-refractivity contribution in [2.45, 2.75) is 5.75 Å². The Kier molecular flexibility index (Phi) is 6.32. The average Bonchev–Trinajstić information content (AvgIpc) is 2.36. The lowest BCUT2D eigenvalue weighted by atomic mass is 10.2. The van der Waals surface area contributed by atoms with Crippen LogP contribution in [-0.2, 0) is 16.6 Å². The molecule has 0 spiro atoms. The van der Waals surface area contributed by atoms with Crippen LogP contribution < -0.4 is 10.6 Å². The van der Waals surface area contributed by atoms with Crippen LogP contribution >= 0.6 is 0 Å². The summed E-state index contributed by atoms with van der Waals surface area (Å²) in [6.07, 6.45) is 0. The molecule has 0 heterocycles. The lowest BCUT2D eigenvalue weighted by molar-refractivity contribution is 0.681. The van der Waals surface area contributed by atoms with Crippen LogP contribution in [0, 0.1) is 0 Å². The van der Waals surface area contributed by atoms with E-state index in [1.807, 2.05) is 30.3 Å². The molecule has 4 nitrogen and oxygen atoms in total. The van der Waals surface area contributed by atoms with Crippen LogP contribution in [0.15, 0.2) is 35.3 Å². The van der Waals surface area contributed by atoms with E-state index in [1.165, 1.54) is 0 Å². The van der Waals surface area contributed by atoms with Crippen LogP contribution in [0.2, 0.25) is 0 Å². The number of nitrogens with zero attached hydrogens (tertiary/aromatic N) is 1. The molecule has 0 bridgehead atoms. The van der Waals surface area contributed by atoms with Gasteiger partial charge in [0, 0.05) is 42.9 Å². The molecular weight excluding hydrogens is 234 g/mol. The van der Waals surface area contributed by atoms with E-state index in [9.17, 15) is 4.21 Å². The topological polar surface area (TPSA) is 53.5 Å². The molecule has 94 valence electrons. The molecule has 1 aromatic rings. The summed E-state index contributed by atoms with van der Waals surface area (Å²) in [7, 11) is 2.67. The molecule has 1 atom stereocenters. The minimum absolute atomic E-state index is 0.612. The fraction of sp³-hybridized carbons (Fsp3) is 0.417. The normalized spacial score (nSPS) is 13.2. The maximum atomic E-state index is 11.8. The summed E-state index contributed by atoms with van der Waals surface area (Å²) in [6.45, 7) is 0.660. The predicted octanol–water partition coefficient (Wildman–Crippen LogP) is 0.730. The molecule has 0 aliphatic rings. The van der Waals surface area contributed by atoms with Crippen molar-refractivity contribution >= 4 is 16.8 Å². The Labute approximate surface area is 105 Å². The van der Waals surface area contributed by atoms with Gasteiger partial charge in [0.25, 0.3) is 0 Å². The molecule has 0 aliphatic heterocycles. The van der Waals surface area contributed by atoms with Gasteiger partial charge in [-0.3, -0.25) is 9.20 Å². The molecule has 0 aliphatic carbocycles. The van der Waals surface area contributed by atoms with Gasteiger partial charge in [-0.2, -0.15) is 0 Å². The van der Waals surface area contributed by atoms with Crippen molar-refractivity contribution in [2.75, 3.05) is 26.4 Å². The van der Waals surface area contributed by atoms with E-state index in [1.54, 1.807) is 14.1 Å². The van der Waals surface area contributed by atoms with Gasteiger partial charge in [0.15, 0.2) is 5.96 Å². The number of nitrogens with one attached hydrogen (secondary N) is 2. The molecule has 1 aromatic carbocycles. The maximum absolute atomic E-state index is 11.8. The van der Waals surface area contributed by atoms with E-state index in [0.717, 1.165) is 11.5 Å². The first-order valence-electron chi connectivity index (χ1n) is 5.53. The van der Waals surface area contributed by atoms with Gasteiger partial charge < -0.3 is 10.6 Å². The highest BCUT2D eigenvalue weighted by molar-refractivity contribution is 7.84. The second kappa shape index (κ2) is 7.84. The molecule has 0 radical (unpaired) electrons. The van der Waals surface area contributed by atoms with Crippen molar-refractivity contribution in [3.05, 3.63) is 35.9 Å². The Balaban J connectivity index is 2.27. The zero-order chi connectivity index (χ0) is 12.5. The standard InChI is InChI=1S/C12H19N3OS/c1-13-12(14-2)15-8-9-17(16)10-11-6-4-3-5-7-11/h3-7H,8-10H2,1-2H3,(H2,13,14,15)/t17-/m0/s1. The van der Waals surface area contributed by atoms with Crippen molar-refractivity contribution in [3.8, 4) is 0 Å². The third-order valence-electron chi connectivity index (χ3n) is 2.25. The third kappa shape index (κ3) is 5.49. The molecule has 0 saturated heterocycles. The Morgan fingerprint density at radius 2 is 2.06 bits per heavy atom. The second-order valence-electron chi connectivity index (χ2n) is 3.52. The van der Waals surface area contributed by atoms with Crippen LogP contribution in [0.4, 0.5) is 0 Å². The van der Waals surface area contributed by atoms with Crippen molar-refractivity contribution in [1.29, 1.82) is 0 Å². The molecule has 5 heteroatoms. The molecule has 0 amide bonds. The number of guanidine groups is 1. The lowest BCUT2D eigenvalue weighted by Gasteiger charge is -2.08. The van der Waals surface area contributed by atoms with Gasteiger partial charge in [0.1, 0.15) is 0 Å². The Morgan fingerprint density at radius 3 is 2.65 bits per heavy atom. The van der Waals surface area contributed by atoms with Crippen LogP contribution in [0.1, 0.15) is 5.56 Å². The molecule has 1 rings (SSSR count). The van der Waals surface area contributed by atoms with Gasteiger partial charge in [-0.15, -0.1) is 0 Å².